The zero-order valence-corrected chi connectivity index (χ0v) is 22.9. The van der Waals surface area contributed by atoms with E-state index in [1.54, 1.807) is 24.3 Å². The maximum atomic E-state index is 12.7. The molecule has 4 aromatic rings. The van der Waals surface area contributed by atoms with E-state index in [4.69, 9.17) is 0 Å². The maximum absolute atomic E-state index is 12.7. The van der Waals surface area contributed by atoms with Crippen LogP contribution in [-0.4, -0.2) is 44.0 Å². The fourth-order valence-corrected chi connectivity index (χ4v) is 5.30. The molecule has 0 atom stereocenters. The lowest BCUT2D eigenvalue weighted by Gasteiger charge is -2.21. The quantitative estimate of drug-likeness (QED) is 0.292. The Morgan fingerprint density at radius 3 is 2.32 bits per heavy atom. The monoisotopic (exact) mass is 580 g/mol. The number of ether oxygens (including phenoxy) is 1. The van der Waals surface area contributed by atoms with Gasteiger partial charge in [0.25, 0.3) is 0 Å². The summed E-state index contributed by atoms with van der Waals surface area (Å²) in [6.45, 7) is 5.83. The molecule has 0 unspecified atom stereocenters. The predicted molar refractivity (Wildman–Crippen MR) is 151 cm³/mol. The first-order valence-corrected chi connectivity index (χ1v) is 13.3. The van der Waals surface area contributed by atoms with Crippen molar-refractivity contribution in [2.24, 2.45) is 4.99 Å². The minimum absolute atomic E-state index is 0.140. The first kappa shape index (κ1) is 27.9. The summed E-state index contributed by atoms with van der Waals surface area (Å²) in [5, 5.41) is 7.39. The molecule has 3 amide bonds. The van der Waals surface area contributed by atoms with Gasteiger partial charge in [-0.2, -0.15) is 4.99 Å². The van der Waals surface area contributed by atoms with Gasteiger partial charge in [0, 0.05) is 11.3 Å². The highest BCUT2D eigenvalue weighted by Crippen LogP contribution is 2.33. The van der Waals surface area contributed by atoms with Gasteiger partial charge in [-0.05, 0) is 80.4 Å². The predicted octanol–water partition coefficient (Wildman–Crippen LogP) is 6.43. The molecule has 1 aromatic heterocycles. The highest BCUT2D eigenvalue weighted by atomic mass is 32.2. The number of thioether (sulfide) groups is 1. The summed E-state index contributed by atoms with van der Waals surface area (Å²) in [6, 6.07) is 15.3. The van der Waals surface area contributed by atoms with Crippen LogP contribution < -0.4 is 15.0 Å². The number of hydrogen-bond donors (Lipinski definition) is 1. The minimum Gasteiger partial charge on any atom is -0.406 e. The Labute approximate surface area is 237 Å². The van der Waals surface area contributed by atoms with Gasteiger partial charge in [0.1, 0.15) is 12.1 Å². The molecule has 3 aromatic carbocycles. The lowest BCUT2D eigenvalue weighted by molar-refractivity contribution is -0.274. The van der Waals surface area contributed by atoms with Crippen LogP contribution in [0.15, 0.2) is 72.0 Å². The Morgan fingerprint density at radius 2 is 1.68 bits per heavy atom. The average Bonchev–Trinajstić information content (AvgIpc) is 3.51. The second-order valence-electron chi connectivity index (χ2n) is 9.22. The van der Waals surface area contributed by atoms with Gasteiger partial charge in [0.2, 0.25) is 5.91 Å². The molecule has 1 N–H and O–H groups in total. The summed E-state index contributed by atoms with van der Waals surface area (Å²) in [4.78, 5) is 35.3. The standard InChI is InChI=1S/C28H23F3N6O3S/c1-16-12-17(2)24(18(3)13-16)37-23(38)14-41-27(37)34-26(39)33-20-6-4-19(5-7-20)25-32-15-36(35-25)21-8-10-22(11-9-21)40-28(29,30)31/h4-13,15H,14H2,1-3H3,(H,33,39). The number of aliphatic imine (C=N–C) groups is 1. The molecule has 41 heavy (non-hydrogen) atoms. The number of anilines is 2. The van der Waals surface area contributed by atoms with Gasteiger partial charge in [-0.15, -0.1) is 18.3 Å². The maximum Gasteiger partial charge on any atom is 0.573 e. The molecular weight excluding hydrogens is 557 g/mol. The van der Waals surface area contributed by atoms with Gasteiger partial charge in [0.15, 0.2) is 11.0 Å². The molecule has 1 aliphatic heterocycles. The lowest BCUT2D eigenvalue weighted by atomic mass is 10.0. The average molecular weight is 581 g/mol. The number of rotatable bonds is 5. The second-order valence-corrected chi connectivity index (χ2v) is 10.2. The number of urea groups is 1. The number of alkyl halides is 3. The van der Waals surface area contributed by atoms with Gasteiger partial charge in [-0.1, -0.05) is 29.5 Å². The van der Waals surface area contributed by atoms with Crippen molar-refractivity contribution in [1.29, 1.82) is 0 Å². The summed E-state index contributed by atoms with van der Waals surface area (Å²) in [7, 11) is 0. The van der Waals surface area contributed by atoms with Crippen molar-refractivity contribution in [3.8, 4) is 22.8 Å². The number of benzene rings is 3. The molecule has 0 aliphatic carbocycles. The van der Waals surface area contributed by atoms with Crippen molar-refractivity contribution in [2.75, 3.05) is 16.0 Å². The number of aromatic nitrogens is 3. The van der Waals surface area contributed by atoms with E-state index in [-0.39, 0.29) is 17.4 Å². The fraction of sp³-hybridized carbons (Fsp3) is 0.179. The largest absolute Gasteiger partial charge is 0.573 e. The van der Waals surface area contributed by atoms with Gasteiger partial charge < -0.3 is 10.1 Å². The number of carbonyl (C=O) groups excluding carboxylic acids is 2. The van der Waals surface area contributed by atoms with Crippen LogP contribution in [0.4, 0.5) is 29.3 Å². The number of carbonyl (C=O) groups is 2. The molecule has 1 fully saturated rings. The Kier molecular flexibility index (Phi) is 7.54. The van der Waals surface area contributed by atoms with Crippen LogP contribution in [0.3, 0.4) is 0 Å². The van der Waals surface area contributed by atoms with Gasteiger partial charge in [-0.3, -0.25) is 9.69 Å². The van der Waals surface area contributed by atoms with Crippen LogP contribution in [0.25, 0.3) is 17.1 Å². The Morgan fingerprint density at radius 1 is 1.02 bits per heavy atom. The SMILES string of the molecule is Cc1cc(C)c(N2C(=O)CSC2=NC(=O)Nc2ccc(-c3ncn(-c4ccc(OC(F)(F)F)cc4)n3)cc2)c(C)c1. The summed E-state index contributed by atoms with van der Waals surface area (Å²) in [5.74, 6) is 0.0896. The number of nitrogens with zero attached hydrogens (tertiary/aromatic N) is 5. The van der Waals surface area contributed by atoms with Crippen LogP contribution >= 0.6 is 11.8 Å². The van der Waals surface area contributed by atoms with Crippen molar-refractivity contribution < 1.29 is 27.5 Å². The molecule has 1 aliphatic rings. The number of aryl methyl sites for hydroxylation is 3. The minimum atomic E-state index is -4.77. The van der Waals surface area contributed by atoms with Crippen molar-refractivity contribution in [1.82, 2.24) is 14.8 Å². The van der Waals surface area contributed by atoms with E-state index in [1.165, 1.54) is 51.9 Å². The van der Waals surface area contributed by atoms with E-state index in [2.05, 4.69) is 25.1 Å². The molecule has 9 nitrogen and oxygen atoms in total. The molecule has 1 saturated heterocycles. The number of nitrogens with one attached hydrogen (secondary N) is 1. The molecule has 0 spiro atoms. The van der Waals surface area contributed by atoms with Gasteiger partial charge in [-0.25, -0.2) is 14.5 Å². The van der Waals surface area contributed by atoms with Crippen molar-refractivity contribution >= 4 is 40.2 Å². The number of halogens is 3. The van der Waals surface area contributed by atoms with E-state index >= 15 is 0 Å². The van der Waals surface area contributed by atoms with E-state index in [1.807, 2.05) is 32.9 Å². The fourth-order valence-electron chi connectivity index (χ4n) is 4.45. The summed E-state index contributed by atoms with van der Waals surface area (Å²) >= 11 is 1.21. The first-order chi connectivity index (χ1) is 19.5. The van der Waals surface area contributed by atoms with Crippen LogP contribution in [-0.2, 0) is 4.79 Å². The third-order valence-corrected chi connectivity index (χ3v) is 6.97. The van der Waals surface area contributed by atoms with Crippen LogP contribution in [0, 0.1) is 20.8 Å². The Hall–Kier alpha value is -4.65. The Balaban J connectivity index is 1.27. The number of amides is 3. The third-order valence-electron chi connectivity index (χ3n) is 6.04. The van der Waals surface area contributed by atoms with E-state index in [0.717, 1.165) is 22.4 Å². The van der Waals surface area contributed by atoms with Crippen LogP contribution in [0.5, 0.6) is 5.75 Å². The molecule has 0 radical (unpaired) electrons. The van der Waals surface area contributed by atoms with Gasteiger partial charge in [0.05, 0.1) is 17.1 Å². The van der Waals surface area contributed by atoms with E-state index in [9.17, 15) is 22.8 Å². The zero-order valence-electron chi connectivity index (χ0n) is 22.1. The molecular formula is C28H23F3N6O3S. The van der Waals surface area contributed by atoms with E-state index in [0.29, 0.717) is 27.9 Å². The molecule has 210 valence electrons. The summed E-state index contributed by atoms with van der Waals surface area (Å²) in [5.41, 5.74) is 5.29. The normalized spacial score (nSPS) is 14.5. The van der Waals surface area contributed by atoms with Crippen LogP contribution in [0.2, 0.25) is 0 Å². The van der Waals surface area contributed by atoms with Crippen molar-refractivity contribution in [3.05, 3.63) is 83.7 Å². The highest BCUT2D eigenvalue weighted by molar-refractivity contribution is 8.15. The molecule has 2 heterocycles. The molecule has 5 rings (SSSR count). The smallest absolute Gasteiger partial charge is 0.406 e. The third kappa shape index (κ3) is 6.40. The number of hydrogen-bond acceptors (Lipinski definition) is 6. The van der Waals surface area contributed by atoms with Gasteiger partial charge >= 0.3 is 12.4 Å². The first-order valence-electron chi connectivity index (χ1n) is 12.3. The topological polar surface area (TPSA) is 102 Å². The van der Waals surface area contributed by atoms with E-state index < -0.39 is 12.4 Å². The summed E-state index contributed by atoms with van der Waals surface area (Å²) in [6.07, 6.45) is -3.33. The molecule has 0 saturated carbocycles. The highest BCUT2D eigenvalue weighted by Gasteiger charge is 2.33. The number of amidine groups is 1. The second kappa shape index (κ2) is 11.1. The van der Waals surface area contributed by atoms with Crippen molar-refractivity contribution in [3.63, 3.8) is 0 Å². The lowest BCUT2D eigenvalue weighted by Crippen LogP contribution is -2.31. The van der Waals surface area contributed by atoms with Crippen LogP contribution in [0.1, 0.15) is 16.7 Å². The molecule has 0 bridgehead atoms. The molecule has 13 heteroatoms. The summed E-state index contributed by atoms with van der Waals surface area (Å²) < 4.78 is 42.4. The zero-order chi connectivity index (χ0) is 29.3. The Bertz CT molecular complexity index is 1630. The van der Waals surface area contributed by atoms with Crippen molar-refractivity contribution in [2.45, 2.75) is 27.1 Å².